The summed E-state index contributed by atoms with van der Waals surface area (Å²) >= 11 is 1.60. The standard InChI is InChI=1S/C10H9NOS/c1-7-6-8(2-3-9(7)12)10-11-4-5-13-10/h2-6,12H,1H3. The van der Waals surface area contributed by atoms with Crippen LogP contribution in [-0.2, 0) is 0 Å². The van der Waals surface area contributed by atoms with Crippen molar-refractivity contribution in [1.82, 2.24) is 4.98 Å². The number of aryl methyl sites for hydroxylation is 1. The van der Waals surface area contributed by atoms with Crippen LogP contribution in [0.5, 0.6) is 5.75 Å². The number of phenols is 1. The zero-order valence-electron chi connectivity index (χ0n) is 7.19. The molecule has 2 rings (SSSR count). The fourth-order valence-electron chi connectivity index (χ4n) is 1.15. The molecule has 2 aromatic rings. The van der Waals surface area contributed by atoms with Gasteiger partial charge in [-0.3, -0.25) is 0 Å². The molecular weight excluding hydrogens is 182 g/mol. The van der Waals surface area contributed by atoms with Gasteiger partial charge in [0.15, 0.2) is 0 Å². The van der Waals surface area contributed by atoms with E-state index < -0.39 is 0 Å². The maximum Gasteiger partial charge on any atom is 0.123 e. The minimum atomic E-state index is 0.334. The van der Waals surface area contributed by atoms with E-state index in [1.807, 2.05) is 24.4 Å². The third-order valence-electron chi connectivity index (χ3n) is 1.88. The normalized spacial score (nSPS) is 10.2. The van der Waals surface area contributed by atoms with Gasteiger partial charge in [0.2, 0.25) is 0 Å². The van der Waals surface area contributed by atoms with Crippen LogP contribution in [-0.4, -0.2) is 10.1 Å². The van der Waals surface area contributed by atoms with Crippen LogP contribution >= 0.6 is 11.3 Å². The quantitative estimate of drug-likeness (QED) is 0.751. The Labute approximate surface area is 80.5 Å². The lowest BCUT2D eigenvalue weighted by Gasteiger charge is -2.00. The molecule has 1 aromatic carbocycles. The minimum Gasteiger partial charge on any atom is -0.508 e. The smallest absolute Gasteiger partial charge is 0.123 e. The van der Waals surface area contributed by atoms with Gasteiger partial charge in [0.25, 0.3) is 0 Å². The van der Waals surface area contributed by atoms with Crippen molar-refractivity contribution in [2.24, 2.45) is 0 Å². The van der Waals surface area contributed by atoms with Gasteiger partial charge in [-0.25, -0.2) is 4.98 Å². The molecule has 0 aliphatic heterocycles. The van der Waals surface area contributed by atoms with Crippen LogP contribution in [0.2, 0.25) is 0 Å². The number of aromatic hydroxyl groups is 1. The molecule has 0 saturated heterocycles. The number of hydrogen-bond donors (Lipinski definition) is 1. The fraction of sp³-hybridized carbons (Fsp3) is 0.100. The Morgan fingerprint density at radius 3 is 2.85 bits per heavy atom. The van der Waals surface area contributed by atoms with Crippen molar-refractivity contribution in [3.8, 4) is 16.3 Å². The van der Waals surface area contributed by atoms with E-state index in [4.69, 9.17) is 0 Å². The summed E-state index contributed by atoms with van der Waals surface area (Å²) in [5.74, 6) is 0.334. The van der Waals surface area contributed by atoms with Crippen molar-refractivity contribution in [1.29, 1.82) is 0 Å². The van der Waals surface area contributed by atoms with Crippen LogP contribution in [0.4, 0.5) is 0 Å². The lowest BCUT2D eigenvalue weighted by Crippen LogP contribution is -1.78. The highest BCUT2D eigenvalue weighted by atomic mass is 32.1. The molecule has 0 spiro atoms. The molecule has 0 atom stereocenters. The van der Waals surface area contributed by atoms with Crippen molar-refractivity contribution in [3.05, 3.63) is 35.3 Å². The number of nitrogens with zero attached hydrogens (tertiary/aromatic N) is 1. The molecule has 66 valence electrons. The first-order chi connectivity index (χ1) is 6.27. The monoisotopic (exact) mass is 191 g/mol. The molecule has 0 bridgehead atoms. The second-order valence-corrected chi connectivity index (χ2v) is 3.73. The average Bonchev–Trinajstić information content (AvgIpc) is 2.62. The second-order valence-electron chi connectivity index (χ2n) is 2.84. The predicted octanol–water partition coefficient (Wildman–Crippen LogP) is 2.82. The van der Waals surface area contributed by atoms with Crippen LogP contribution in [0.25, 0.3) is 10.6 Å². The topological polar surface area (TPSA) is 33.1 Å². The van der Waals surface area contributed by atoms with Crippen LogP contribution in [0.3, 0.4) is 0 Å². The first kappa shape index (κ1) is 8.26. The molecule has 13 heavy (non-hydrogen) atoms. The zero-order valence-corrected chi connectivity index (χ0v) is 8.01. The molecule has 3 heteroatoms. The Hall–Kier alpha value is -1.35. The van der Waals surface area contributed by atoms with Crippen LogP contribution in [0, 0.1) is 6.92 Å². The van der Waals surface area contributed by atoms with E-state index in [1.165, 1.54) is 0 Å². The molecule has 0 amide bonds. The first-order valence-corrected chi connectivity index (χ1v) is 4.85. The minimum absolute atomic E-state index is 0.334. The van der Waals surface area contributed by atoms with Gasteiger partial charge in [0.1, 0.15) is 10.8 Å². The van der Waals surface area contributed by atoms with E-state index in [0.29, 0.717) is 5.75 Å². The van der Waals surface area contributed by atoms with E-state index in [2.05, 4.69) is 4.98 Å². The number of benzene rings is 1. The average molecular weight is 191 g/mol. The third kappa shape index (κ3) is 1.55. The van der Waals surface area contributed by atoms with Crippen molar-refractivity contribution >= 4 is 11.3 Å². The Kier molecular flexibility index (Phi) is 2.02. The molecule has 0 aliphatic carbocycles. The van der Waals surface area contributed by atoms with Gasteiger partial charge in [0.05, 0.1) is 0 Å². The Morgan fingerprint density at radius 2 is 2.23 bits per heavy atom. The highest BCUT2D eigenvalue weighted by Gasteiger charge is 2.02. The Bertz CT molecular complexity index is 409. The fourth-order valence-corrected chi connectivity index (χ4v) is 1.79. The zero-order chi connectivity index (χ0) is 9.26. The lowest BCUT2D eigenvalue weighted by molar-refractivity contribution is 0.471. The van der Waals surface area contributed by atoms with Gasteiger partial charge >= 0.3 is 0 Å². The lowest BCUT2D eigenvalue weighted by atomic mass is 10.1. The number of phenolic OH excluding ortho intramolecular Hbond substituents is 1. The first-order valence-electron chi connectivity index (χ1n) is 3.97. The van der Waals surface area contributed by atoms with Gasteiger partial charge in [-0.05, 0) is 30.7 Å². The maximum atomic E-state index is 9.32. The molecule has 0 unspecified atom stereocenters. The summed E-state index contributed by atoms with van der Waals surface area (Å²) in [5.41, 5.74) is 1.94. The van der Waals surface area contributed by atoms with Gasteiger partial charge in [-0.1, -0.05) is 0 Å². The van der Waals surface area contributed by atoms with Crippen molar-refractivity contribution < 1.29 is 5.11 Å². The van der Waals surface area contributed by atoms with E-state index >= 15 is 0 Å². The Balaban J connectivity index is 2.49. The third-order valence-corrected chi connectivity index (χ3v) is 2.70. The van der Waals surface area contributed by atoms with Crippen molar-refractivity contribution in [3.63, 3.8) is 0 Å². The predicted molar refractivity (Wildman–Crippen MR) is 54.0 cm³/mol. The number of hydrogen-bond acceptors (Lipinski definition) is 3. The van der Waals surface area contributed by atoms with Gasteiger partial charge < -0.3 is 5.11 Å². The van der Waals surface area contributed by atoms with Crippen molar-refractivity contribution in [2.45, 2.75) is 6.92 Å². The van der Waals surface area contributed by atoms with Gasteiger partial charge in [-0.2, -0.15) is 0 Å². The van der Waals surface area contributed by atoms with Gasteiger partial charge in [0, 0.05) is 17.1 Å². The van der Waals surface area contributed by atoms with Gasteiger partial charge in [-0.15, -0.1) is 11.3 Å². The number of thiazole rings is 1. The van der Waals surface area contributed by atoms with E-state index in [1.54, 1.807) is 23.6 Å². The number of aromatic nitrogens is 1. The van der Waals surface area contributed by atoms with E-state index in [9.17, 15) is 5.11 Å². The summed E-state index contributed by atoms with van der Waals surface area (Å²) in [6.07, 6.45) is 1.78. The molecule has 1 heterocycles. The molecule has 0 fully saturated rings. The van der Waals surface area contributed by atoms with Crippen LogP contribution in [0.15, 0.2) is 29.8 Å². The molecule has 1 N–H and O–H groups in total. The molecule has 0 saturated carbocycles. The summed E-state index contributed by atoms with van der Waals surface area (Å²) in [5, 5.41) is 12.3. The molecule has 0 radical (unpaired) electrons. The van der Waals surface area contributed by atoms with Crippen molar-refractivity contribution in [2.75, 3.05) is 0 Å². The van der Waals surface area contributed by atoms with E-state index in [0.717, 1.165) is 16.1 Å². The van der Waals surface area contributed by atoms with Crippen LogP contribution < -0.4 is 0 Å². The largest absolute Gasteiger partial charge is 0.508 e. The molecule has 2 nitrogen and oxygen atoms in total. The summed E-state index contributed by atoms with van der Waals surface area (Å²) in [6.45, 7) is 1.88. The van der Waals surface area contributed by atoms with Crippen LogP contribution in [0.1, 0.15) is 5.56 Å². The van der Waals surface area contributed by atoms with E-state index in [-0.39, 0.29) is 0 Å². The number of rotatable bonds is 1. The summed E-state index contributed by atoms with van der Waals surface area (Å²) in [7, 11) is 0. The summed E-state index contributed by atoms with van der Waals surface area (Å²) < 4.78 is 0. The summed E-state index contributed by atoms with van der Waals surface area (Å²) in [4.78, 5) is 4.19. The maximum absolute atomic E-state index is 9.32. The highest BCUT2D eigenvalue weighted by Crippen LogP contribution is 2.26. The summed E-state index contributed by atoms with van der Waals surface area (Å²) in [6, 6.07) is 5.52. The molecule has 1 aromatic heterocycles. The molecule has 0 aliphatic rings. The Morgan fingerprint density at radius 1 is 1.38 bits per heavy atom. The second kappa shape index (κ2) is 3.18. The molecular formula is C10H9NOS. The SMILES string of the molecule is Cc1cc(-c2nccs2)ccc1O. The highest BCUT2D eigenvalue weighted by molar-refractivity contribution is 7.13.